The summed E-state index contributed by atoms with van der Waals surface area (Å²) in [4.78, 5) is 27.3. The number of hydrogen-bond donors (Lipinski definition) is 0. The molecule has 1 aliphatic rings. The van der Waals surface area contributed by atoms with Crippen molar-refractivity contribution in [1.29, 1.82) is 5.26 Å². The number of ketones is 1. The third-order valence-corrected chi connectivity index (χ3v) is 4.49. The van der Waals surface area contributed by atoms with E-state index in [1.807, 2.05) is 0 Å². The Morgan fingerprint density at radius 1 is 1.30 bits per heavy atom. The number of carbonyl (C=O) groups excluding carboxylic acids is 1. The third-order valence-electron chi connectivity index (χ3n) is 4.49. The van der Waals surface area contributed by atoms with Gasteiger partial charge in [-0.1, -0.05) is 0 Å². The van der Waals surface area contributed by atoms with Gasteiger partial charge in [0.2, 0.25) is 0 Å². The van der Waals surface area contributed by atoms with Crippen molar-refractivity contribution in [1.82, 2.24) is 9.80 Å². The first kappa shape index (κ1) is 20.6. The van der Waals surface area contributed by atoms with E-state index in [-0.39, 0.29) is 22.7 Å². The zero-order valence-electron chi connectivity index (χ0n) is 15.6. The second kappa shape index (κ2) is 9.85. The summed E-state index contributed by atoms with van der Waals surface area (Å²) in [6.07, 6.45) is 0.338. The fourth-order valence-electron chi connectivity index (χ4n) is 2.90. The lowest BCUT2D eigenvalue weighted by atomic mass is 10.1. The molecule has 1 saturated heterocycles. The van der Waals surface area contributed by atoms with Crippen LogP contribution in [0.4, 0.5) is 5.69 Å². The summed E-state index contributed by atoms with van der Waals surface area (Å²) in [5, 5.41) is 20.0. The molecule has 1 fully saturated rings. The average molecular weight is 376 g/mol. The SMILES string of the molecule is COc1cc(C(=O)CC#N)c([N+](=O)[O-])cc1OCCCN1CCN(C)CC1. The molecule has 0 spiro atoms. The number of piperazine rings is 1. The number of methoxy groups -OCH3 is 1. The van der Waals surface area contributed by atoms with Crippen molar-refractivity contribution in [3.8, 4) is 17.6 Å². The Morgan fingerprint density at radius 3 is 2.59 bits per heavy atom. The molecule has 0 bridgehead atoms. The highest BCUT2D eigenvalue weighted by molar-refractivity contribution is 6.01. The molecule has 0 aliphatic carbocycles. The normalized spacial score (nSPS) is 15.1. The number of hydrogen-bond acceptors (Lipinski definition) is 8. The molecule has 0 radical (unpaired) electrons. The van der Waals surface area contributed by atoms with Gasteiger partial charge >= 0.3 is 0 Å². The highest BCUT2D eigenvalue weighted by Crippen LogP contribution is 2.35. The van der Waals surface area contributed by atoms with Gasteiger partial charge in [0.05, 0.1) is 37.2 Å². The Balaban J connectivity index is 2.03. The molecule has 0 aromatic heterocycles. The fraction of sp³-hybridized carbons (Fsp3) is 0.556. The molecule has 0 amide bonds. The van der Waals surface area contributed by atoms with Gasteiger partial charge in [-0.15, -0.1) is 0 Å². The highest BCUT2D eigenvalue weighted by Gasteiger charge is 2.24. The van der Waals surface area contributed by atoms with Crippen LogP contribution < -0.4 is 9.47 Å². The van der Waals surface area contributed by atoms with E-state index in [9.17, 15) is 14.9 Å². The van der Waals surface area contributed by atoms with Gasteiger partial charge in [-0.2, -0.15) is 5.26 Å². The number of nitro benzene ring substituents is 1. The number of likely N-dealkylation sites (N-methyl/N-ethyl adjacent to an activating group) is 1. The van der Waals surface area contributed by atoms with E-state index in [0.29, 0.717) is 6.61 Å². The second-order valence-electron chi connectivity index (χ2n) is 6.38. The predicted octanol–water partition coefficient (Wildman–Crippen LogP) is 1.72. The number of Topliss-reactive ketones (excluding diaryl/α,β-unsaturated/α-hetero) is 1. The molecule has 1 aromatic carbocycles. The first-order valence-corrected chi connectivity index (χ1v) is 8.76. The van der Waals surface area contributed by atoms with Crippen LogP contribution in [0.25, 0.3) is 0 Å². The molecule has 27 heavy (non-hydrogen) atoms. The van der Waals surface area contributed by atoms with Crippen LogP contribution in [0.3, 0.4) is 0 Å². The van der Waals surface area contributed by atoms with Crippen LogP contribution in [0, 0.1) is 21.4 Å². The second-order valence-corrected chi connectivity index (χ2v) is 6.38. The Hall–Kier alpha value is -2.70. The van der Waals surface area contributed by atoms with Crippen LogP contribution >= 0.6 is 0 Å². The Morgan fingerprint density at radius 2 is 2.00 bits per heavy atom. The summed E-state index contributed by atoms with van der Waals surface area (Å²) in [6.45, 7) is 5.38. The topological polar surface area (TPSA) is 109 Å². The first-order valence-electron chi connectivity index (χ1n) is 8.76. The molecule has 2 rings (SSSR count). The van der Waals surface area contributed by atoms with Crippen molar-refractivity contribution in [3.05, 3.63) is 27.8 Å². The minimum Gasteiger partial charge on any atom is -0.493 e. The van der Waals surface area contributed by atoms with Gasteiger partial charge in [0.1, 0.15) is 5.56 Å². The maximum Gasteiger partial charge on any atom is 0.284 e. The highest BCUT2D eigenvalue weighted by atomic mass is 16.6. The number of nitro groups is 1. The van der Waals surface area contributed by atoms with E-state index in [1.165, 1.54) is 19.2 Å². The number of nitrogens with zero attached hydrogens (tertiary/aromatic N) is 4. The zero-order chi connectivity index (χ0) is 19.8. The third kappa shape index (κ3) is 5.64. The van der Waals surface area contributed by atoms with Crippen LogP contribution in [-0.4, -0.2) is 74.0 Å². The van der Waals surface area contributed by atoms with Crippen molar-refractivity contribution < 1.29 is 19.2 Å². The molecule has 0 unspecified atom stereocenters. The Kier molecular flexibility index (Phi) is 7.52. The largest absolute Gasteiger partial charge is 0.493 e. The average Bonchev–Trinajstić information content (AvgIpc) is 2.66. The van der Waals surface area contributed by atoms with Crippen molar-refractivity contribution in [3.63, 3.8) is 0 Å². The summed E-state index contributed by atoms with van der Waals surface area (Å²) in [5.74, 6) is -0.165. The smallest absolute Gasteiger partial charge is 0.284 e. The van der Waals surface area contributed by atoms with Crippen LogP contribution in [0.2, 0.25) is 0 Å². The van der Waals surface area contributed by atoms with Crippen LogP contribution in [0.1, 0.15) is 23.2 Å². The van der Waals surface area contributed by atoms with Gasteiger partial charge in [-0.25, -0.2) is 0 Å². The maximum atomic E-state index is 12.0. The molecule has 1 aromatic rings. The van der Waals surface area contributed by atoms with E-state index < -0.39 is 17.1 Å². The summed E-state index contributed by atoms with van der Waals surface area (Å²) in [6, 6.07) is 4.17. The van der Waals surface area contributed by atoms with Crippen LogP contribution in [-0.2, 0) is 0 Å². The van der Waals surface area contributed by atoms with Gasteiger partial charge in [0.15, 0.2) is 17.3 Å². The predicted molar refractivity (Wildman–Crippen MR) is 98.3 cm³/mol. The van der Waals surface area contributed by atoms with Gasteiger partial charge in [-0.05, 0) is 13.5 Å². The van der Waals surface area contributed by atoms with E-state index in [1.54, 1.807) is 6.07 Å². The van der Waals surface area contributed by atoms with Crippen molar-refractivity contribution >= 4 is 11.5 Å². The molecule has 9 nitrogen and oxygen atoms in total. The fourth-order valence-corrected chi connectivity index (χ4v) is 2.90. The lowest BCUT2D eigenvalue weighted by Crippen LogP contribution is -2.44. The number of carbonyl (C=O) groups is 1. The van der Waals surface area contributed by atoms with E-state index in [0.717, 1.165) is 39.1 Å². The van der Waals surface area contributed by atoms with E-state index in [2.05, 4.69) is 16.8 Å². The summed E-state index contributed by atoms with van der Waals surface area (Å²) in [7, 11) is 3.50. The minimum atomic E-state index is -0.652. The number of nitriles is 1. The van der Waals surface area contributed by atoms with Crippen LogP contribution in [0.15, 0.2) is 12.1 Å². The molecule has 146 valence electrons. The zero-order valence-corrected chi connectivity index (χ0v) is 15.6. The first-order chi connectivity index (χ1) is 13.0. The van der Waals surface area contributed by atoms with Gasteiger partial charge in [-0.3, -0.25) is 14.9 Å². The van der Waals surface area contributed by atoms with Gasteiger partial charge < -0.3 is 19.3 Å². The van der Waals surface area contributed by atoms with E-state index >= 15 is 0 Å². The van der Waals surface area contributed by atoms with Gasteiger partial charge in [0, 0.05) is 38.8 Å². The molecule has 1 aliphatic heterocycles. The quantitative estimate of drug-likeness (QED) is 0.277. The summed E-state index contributed by atoms with van der Waals surface area (Å²) in [5.41, 5.74) is -0.534. The molecule has 0 atom stereocenters. The standard InChI is InChI=1S/C18H24N4O5/c1-20-7-9-21(10-8-20)6-3-11-27-18-13-15(22(24)25)14(12-17(18)26-2)16(23)4-5-19/h12-13H,3-4,6-11H2,1-2H3. The van der Waals surface area contributed by atoms with E-state index in [4.69, 9.17) is 14.7 Å². The van der Waals surface area contributed by atoms with Crippen LogP contribution in [0.5, 0.6) is 11.5 Å². The Bertz CT molecular complexity index is 723. The summed E-state index contributed by atoms with van der Waals surface area (Å²) < 4.78 is 10.9. The number of rotatable bonds is 9. The lowest BCUT2D eigenvalue weighted by Gasteiger charge is -2.32. The molecule has 0 N–H and O–H groups in total. The molecule has 1 heterocycles. The monoisotopic (exact) mass is 376 g/mol. The molecule has 0 saturated carbocycles. The Labute approximate surface area is 158 Å². The molecular formula is C18H24N4O5. The maximum absolute atomic E-state index is 12.0. The minimum absolute atomic E-state index is 0.150. The lowest BCUT2D eigenvalue weighted by molar-refractivity contribution is -0.385. The molecule has 9 heteroatoms. The molecular weight excluding hydrogens is 352 g/mol. The number of ether oxygens (including phenoxy) is 2. The van der Waals surface area contributed by atoms with Crippen molar-refractivity contribution in [2.75, 3.05) is 53.5 Å². The van der Waals surface area contributed by atoms with Crippen molar-refractivity contribution in [2.45, 2.75) is 12.8 Å². The number of benzene rings is 1. The van der Waals surface area contributed by atoms with Gasteiger partial charge in [0.25, 0.3) is 5.69 Å². The summed E-state index contributed by atoms with van der Waals surface area (Å²) >= 11 is 0. The van der Waals surface area contributed by atoms with Crippen molar-refractivity contribution in [2.24, 2.45) is 0 Å².